The van der Waals surface area contributed by atoms with Crippen LogP contribution in [0.4, 0.5) is 4.39 Å². The summed E-state index contributed by atoms with van der Waals surface area (Å²) in [6.45, 7) is 5.95. The molecule has 0 saturated carbocycles. The van der Waals surface area contributed by atoms with Gasteiger partial charge in [0.2, 0.25) is 0 Å². The van der Waals surface area contributed by atoms with Crippen LogP contribution in [-0.2, 0) is 11.2 Å². The van der Waals surface area contributed by atoms with Crippen molar-refractivity contribution in [3.63, 3.8) is 0 Å². The van der Waals surface area contributed by atoms with Crippen LogP contribution >= 0.6 is 11.8 Å². The first-order valence-corrected chi connectivity index (χ1v) is 10.3. The Balaban J connectivity index is 2.06. The summed E-state index contributed by atoms with van der Waals surface area (Å²) < 4.78 is 13.6. The summed E-state index contributed by atoms with van der Waals surface area (Å²) in [5, 5.41) is 18.3. The molecular weight excluding hydrogens is 363 g/mol. The molecule has 1 unspecified atom stereocenters. The van der Waals surface area contributed by atoms with E-state index >= 15 is 0 Å². The van der Waals surface area contributed by atoms with Crippen LogP contribution < -0.4 is 0 Å². The molecule has 2 N–H and O–H groups in total. The van der Waals surface area contributed by atoms with E-state index in [-0.39, 0.29) is 12.2 Å². The number of benzene rings is 2. The molecule has 0 heterocycles. The number of halogens is 1. The first-order valence-electron chi connectivity index (χ1n) is 9.12. The number of carbonyl (C=O) groups is 1. The van der Waals surface area contributed by atoms with Crippen molar-refractivity contribution in [3.05, 3.63) is 58.4 Å². The average molecular weight is 391 g/mol. The molecule has 0 bridgehead atoms. The van der Waals surface area contributed by atoms with Gasteiger partial charge in [-0.05, 0) is 79.3 Å². The van der Waals surface area contributed by atoms with E-state index in [0.717, 1.165) is 29.7 Å². The Labute approximate surface area is 164 Å². The SMILES string of the molecule is Cc1cc(C)c(CCCSCC(O)CC(=O)O)c(-c2ccc(F)c(C)c2)c1. The Morgan fingerprint density at radius 3 is 2.56 bits per heavy atom. The van der Waals surface area contributed by atoms with Gasteiger partial charge in [-0.15, -0.1) is 0 Å². The molecule has 2 aromatic rings. The van der Waals surface area contributed by atoms with Crippen LogP contribution in [0, 0.1) is 26.6 Å². The van der Waals surface area contributed by atoms with E-state index in [1.807, 2.05) is 12.1 Å². The van der Waals surface area contributed by atoms with Gasteiger partial charge >= 0.3 is 5.97 Å². The first kappa shape index (κ1) is 21.5. The number of carboxylic acid groups (broad SMARTS) is 1. The zero-order valence-electron chi connectivity index (χ0n) is 16.1. The van der Waals surface area contributed by atoms with Crippen molar-refractivity contribution in [2.24, 2.45) is 0 Å². The predicted octanol–water partition coefficient (Wildman–Crippen LogP) is 4.92. The molecule has 146 valence electrons. The van der Waals surface area contributed by atoms with E-state index in [9.17, 15) is 14.3 Å². The molecule has 0 spiro atoms. The minimum atomic E-state index is -0.974. The van der Waals surface area contributed by atoms with Crippen molar-refractivity contribution >= 4 is 17.7 Å². The Bertz CT molecular complexity index is 804. The maximum atomic E-state index is 13.6. The molecular formula is C22H27FO3S. The van der Waals surface area contributed by atoms with Crippen molar-refractivity contribution in [1.82, 2.24) is 0 Å². The fourth-order valence-corrected chi connectivity index (χ4v) is 4.14. The summed E-state index contributed by atoms with van der Waals surface area (Å²) in [6.07, 6.45) is 0.811. The second kappa shape index (κ2) is 9.90. The van der Waals surface area contributed by atoms with Crippen molar-refractivity contribution in [2.45, 2.75) is 46.1 Å². The number of aliphatic hydroxyl groups excluding tert-OH is 1. The lowest BCUT2D eigenvalue weighted by molar-refractivity contribution is -0.138. The molecule has 1 atom stereocenters. The molecule has 27 heavy (non-hydrogen) atoms. The van der Waals surface area contributed by atoms with E-state index < -0.39 is 12.1 Å². The predicted molar refractivity (Wildman–Crippen MR) is 110 cm³/mol. The number of carboxylic acids is 1. The summed E-state index contributed by atoms with van der Waals surface area (Å²) >= 11 is 1.57. The molecule has 2 rings (SSSR count). The molecule has 0 aliphatic heterocycles. The summed E-state index contributed by atoms with van der Waals surface area (Å²) in [5.41, 5.74) is 6.48. The van der Waals surface area contributed by atoms with Crippen LogP contribution in [0.3, 0.4) is 0 Å². The maximum absolute atomic E-state index is 13.6. The van der Waals surface area contributed by atoms with Gasteiger partial charge < -0.3 is 10.2 Å². The number of hydrogen-bond acceptors (Lipinski definition) is 3. The minimum Gasteiger partial charge on any atom is -0.481 e. The van der Waals surface area contributed by atoms with E-state index in [1.54, 1.807) is 18.7 Å². The molecule has 0 aliphatic carbocycles. The van der Waals surface area contributed by atoms with Gasteiger partial charge in [0.15, 0.2) is 0 Å². The monoisotopic (exact) mass is 390 g/mol. The molecule has 0 saturated heterocycles. The fourth-order valence-electron chi connectivity index (χ4n) is 3.23. The summed E-state index contributed by atoms with van der Waals surface area (Å²) in [5.74, 6) is 0.119. The third-order valence-electron chi connectivity index (χ3n) is 4.52. The number of aryl methyl sites for hydroxylation is 3. The largest absolute Gasteiger partial charge is 0.481 e. The lowest BCUT2D eigenvalue weighted by Gasteiger charge is -2.15. The van der Waals surface area contributed by atoms with Gasteiger partial charge in [-0.1, -0.05) is 23.8 Å². The lowest BCUT2D eigenvalue weighted by atomic mass is 9.90. The quantitative estimate of drug-likeness (QED) is 0.597. The third kappa shape index (κ3) is 6.36. The molecule has 0 fully saturated rings. The lowest BCUT2D eigenvalue weighted by Crippen LogP contribution is -2.15. The normalized spacial score (nSPS) is 12.2. The van der Waals surface area contributed by atoms with Crippen molar-refractivity contribution in [3.8, 4) is 11.1 Å². The van der Waals surface area contributed by atoms with Crippen LogP contribution in [-0.4, -0.2) is 33.8 Å². The summed E-state index contributed by atoms with van der Waals surface area (Å²) in [7, 11) is 0. The van der Waals surface area contributed by atoms with Crippen LogP contribution in [0.1, 0.15) is 35.1 Å². The van der Waals surface area contributed by atoms with Crippen LogP contribution in [0.5, 0.6) is 0 Å². The summed E-state index contributed by atoms with van der Waals surface area (Å²) in [4.78, 5) is 10.6. The van der Waals surface area contributed by atoms with Gasteiger partial charge in [0.05, 0.1) is 12.5 Å². The first-order chi connectivity index (χ1) is 12.8. The van der Waals surface area contributed by atoms with Gasteiger partial charge in [-0.3, -0.25) is 4.79 Å². The Morgan fingerprint density at radius 1 is 1.15 bits per heavy atom. The van der Waals surface area contributed by atoms with Crippen LogP contribution in [0.2, 0.25) is 0 Å². The highest BCUT2D eigenvalue weighted by Gasteiger charge is 2.12. The second-order valence-corrected chi connectivity index (χ2v) is 8.15. The topological polar surface area (TPSA) is 57.5 Å². The second-order valence-electron chi connectivity index (χ2n) is 7.00. The zero-order valence-corrected chi connectivity index (χ0v) is 16.9. The van der Waals surface area contributed by atoms with Crippen molar-refractivity contribution < 1.29 is 19.4 Å². The Morgan fingerprint density at radius 2 is 1.89 bits per heavy atom. The molecule has 5 heteroatoms. The number of rotatable bonds is 9. The smallest absolute Gasteiger partial charge is 0.306 e. The third-order valence-corrected chi connectivity index (χ3v) is 5.72. The Kier molecular flexibility index (Phi) is 7.87. The van der Waals surface area contributed by atoms with Crippen molar-refractivity contribution in [2.75, 3.05) is 11.5 Å². The molecule has 2 aromatic carbocycles. The van der Waals surface area contributed by atoms with E-state index in [0.29, 0.717) is 11.3 Å². The van der Waals surface area contributed by atoms with E-state index in [1.165, 1.54) is 22.8 Å². The summed E-state index contributed by atoms with van der Waals surface area (Å²) in [6, 6.07) is 9.56. The highest BCUT2D eigenvalue weighted by atomic mass is 32.2. The number of aliphatic hydroxyl groups is 1. The molecule has 0 amide bonds. The minimum absolute atomic E-state index is 0.194. The Hall–Kier alpha value is -1.85. The number of thioether (sulfide) groups is 1. The van der Waals surface area contributed by atoms with Gasteiger partial charge in [-0.25, -0.2) is 4.39 Å². The van der Waals surface area contributed by atoms with Gasteiger partial charge in [-0.2, -0.15) is 11.8 Å². The molecule has 0 aliphatic rings. The van der Waals surface area contributed by atoms with E-state index in [2.05, 4.69) is 26.0 Å². The number of aliphatic carboxylic acids is 1. The van der Waals surface area contributed by atoms with Gasteiger partial charge in [0.25, 0.3) is 0 Å². The highest BCUT2D eigenvalue weighted by molar-refractivity contribution is 7.99. The van der Waals surface area contributed by atoms with Crippen LogP contribution in [0.25, 0.3) is 11.1 Å². The highest BCUT2D eigenvalue weighted by Crippen LogP contribution is 2.30. The average Bonchev–Trinajstić information content (AvgIpc) is 2.57. The standard InChI is InChI=1S/C22H27FO3S/c1-14-9-15(2)19(5-4-8-27-13-18(24)12-22(25)26)20(10-14)17-6-7-21(23)16(3)11-17/h6-7,9-11,18,24H,4-5,8,12-13H2,1-3H3,(H,25,26). The van der Waals surface area contributed by atoms with Crippen LogP contribution in [0.15, 0.2) is 30.3 Å². The molecule has 3 nitrogen and oxygen atoms in total. The van der Waals surface area contributed by atoms with E-state index in [4.69, 9.17) is 5.11 Å². The van der Waals surface area contributed by atoms with Crippen molar-refractivity contribution in [1.29, 1.82) is 0 Å². The maximum Gasteiger partial charge on any atom is 0.306 e. The van der Waals surface area contributed by atoms with Gasteiger partial charge in [0, 0.05) is 5.75 Å². The van der Waals surface area contributed by atoms with Gasteiger partial charge in [0.1, 0.15) is 5.82 Å². The zero-order chi connectivity index (χ0) is 20.0. The number of hydrogen-bond donors (Lipinski definition) is 2. The molecule has 0 aromatic heterocycles. The molecule has 0 radical (unpaired) electrons. The fraction of sp³-hybridized carbons (Fsp3) is 0.409.